The van der Waals surface area contributed by atoms with E-state index in [2.05, 4.69) is 249 Å². The number of halogens is 1. The average Bonchev–Trinajstić information content (AvgIpc) is 1.58. The lowest BCUT2D eigenvalue weighted by molar-refractivity contribution is 0.00578. The first kappa shape index (κ1) is 71.1. The van der Waals surface area contributed by atoms with Crippen LogP contribution in [-0.2, 0) is 9.31 Å². The van der Waals surface area contributed by atoms with Crippen LogP contribution in [0.15, 0.2) is 352 Å². The van der Waals surface area contributed by atoms with Crippen molar-refractivity contribution in [1.82, 2.24) is 29.9 Å². The molecule has 0 N–H and O–H groups in total. The van der Waals surface area contributed by atoms with Gasteiger partial charge in [0.05, 0.1) is 11.2 Å². The van der Waals surface area contributed by atoms with Crippen LogP contribution in [0.25, 0.3) is 164 Å². The summed E-state index contributed by atoms with van der Waals surface area (Å²) in [6.45, 7) is 8.43. The molecule has 0 spiro atoms. The molecule has 1 aliphatic heterocycles. The number of hydrogen-bond acceptors (Lipinski definition) is 10. The highest BCUT2D eigenvalue weighted by Gasteiger charge is 2.52. The predicted molar refractivity (Wildman–Crippen MR) is 459 cm³/mol. The molecular formula is C97H74BClN6O2S2. The van der Waals surface area contributed by atoms with E-state index in [0.29, 0.717) is 40.0 Å². The van der Waals surface area contributed by atoms with Gasteiger partial charge in [-0.2, -0.15) is 0 Å². The van der Waals surface area contributed by atoms with Crippen molar-refractivity contribution in [2.45, 2.75) is 46.3 Å². The monoisotopic (exact) mass is 1460 g/mol. The number of fused-ring (bicyclic) bond motifs is 6. The first-order chi connectivity index (χ1) is 52.9. The molecule has 109 heavy (non-hydrogen) atoms. The summed E-state index contributed by atoms with van der Waals surface area (Å²) >= 11 is 9.84. The minimum absolute atomic E-state index is 0. The SMILES string of the molecule is C.CC1(C)OB(c2cccc3c2sc2c(-c4cccc(-c5ccccc5)c4)cccc23)OC1(C)C.Clc1cccc(-c2nc(-c3ccccc3)nc(-c3ccccc3)n2)c1.c1ccc(-c2cccc(-c3cccc4c3sc3c(-c5cccc(-c6nc(-c7ccccc7)nc(-c7ccccc7)n6)c5)cccc34)c2)cc1. The lowest BCUT2D eigenvalue weighted by Gasteiger charge is -2.32. The molecule has 1 aliphatic rings. The van der Waals surface area contributed by atoms with E-state index in [-0.39, 0.29) is 25.7 Å². The quantitative estimate of drug-likeness (QED) is 0.112. The van der Waals surface area contributed by atoms with Crippen LogP contribution in [0.2, 0.25) is 5.02 Å². The highest BCUT2D eigenvalue weighted by molar-refractivity contribution is 7.27. The Morgan fingerprint density at radius 2 is 0.495 bits per heavy atom. The van der Waals surface area contributed by atoms with Gasteiger partial charge >= 0.3 is 7.12 Å². The van der Waals surface area contributed by atoms with Gasteiger partial charge < -0.3 is 9.31 Å². The van der Waals surface area contributed by atoms with Gasteiger partial charge in [0.25, 0.3) is 0 Å². The summed E-state index contributed by atoms with van der Waals surface area (Å²) in [5, 5.41) is 5.73. The van der Waals surface area contributed by atoms with Gasteiger partial charge in [0.2, 0.25) is 0 Å². The topological polar surface area (TPSA) is 95.8 Å². The molecule has 0 amide bonds. The number of thiophene rings is 2. The molecule has 0 aliphatic carbocycles. The highest BCUT2D eigenvalue weighted by Crippen LogP contribution is 2.46. The zero-order valence-corrected chi connectivity index (χ0v) is 62.1. The molecule has 0 bridgehead atoms. The summed E-state index contributed by atoms with van der Waals surface area (Å²) in [6.07, 6.45) is 0. The smallest absolute Gasteiger partial charge is 0.399 e. The zero-order valence-electron chi connectivity index (χ0n) is 59.8. The molecular weight excluding hydrogens is 1390 g/mol. The summed E-state index contributed by atoms with van der Waals surface area (Å²) in [4.78, 5) is 28.8. The maximum absolute atomic E-state index is 6.42. The molecule has 1 fully saturated rings. The standard InChI is InChI=1S/C45H29N3S.C30H27BO2S.C21H14ClN3.CH4/c1-4-14-30(15-5-1)33-20-10-21-34(28-33)37-24-12-26-39-40-27-13-25-38(42(40)49-41(37)39)35-22-11-23-36(29-35)45-47-43(31-16-6-2-7-17-31)46-44(48-45)32-18-8-3-9-19-32;1-29(2)30(3,4)33-31(32-29)26-18-10-17-25-24-16-9-15-23(27(24)34-28(25)26)22-14-8-13-21(19-22)20-11-6-5-7-12-20;22-18-13-7-12-17(14-18)21-24-19(15-8-3-1-4-9-15)23-20(25-21)16-10-5-2-6-11-16;/h1-29H;5-19H,1-4H3;1-14H;1H4. The van der Waals surface area contributed by atoms with E-state index in [0.717, 1.165) is 44.4 Å². The molecule has 4 aromatic heterocycles. The van der Waals surface area contributed by atoms with Crippen LogP contribution < -0.4 is 5.46 Å². The number of aromatic nitrogens is 6. The fourth-order valence-electron chi connectivity index (χ4n) is 13.8. The molecule has 12 heteroatoms. The van der Waals surface area contributed by atoms with Crippen molar-refractivity contribution in [2.75, 3.05) is 0 Å². The predicted octanol–water partition coefficient (Wildman–Crippen LogP) is 26.1. The van der Waals surface area contributed by atoms with Crippen molar-refractivity contribution in [3.8, 4) is 124 Å². The van der Waals surface area contributed by atoms with Crippen LogP contribution in [-0.4, -0.2) is 48.2 Å². The highest BCUT2D eigenvalue weighted by atomic mass is 35.5. The van der Waals surface area contributed by atoms with Crippen molar-refractivity contribution in [1.29, 1.82) is 0 Å². The second-order valence-corrected chi connectivity index (χ2v) is 30.1. The molecule has 18 aromatic rings. The molecule has 19 rings (SSSR count). The van der Waals surface area contributed by atoms with Crippen molar-refractivity contribution >= 4 is 87.2 Å². The molecule has 8 nitrogen and oxygen atoms in total. The van der Waals surface area contributed by atoms with E-state index in [9.17, 15) is 0 Å². The summed E-state index contributed by atoms with van der Waals surface area (Å²) < 4.78 is 17.9. The van der Waals surface area contributed by atoms with Gasteiger partial charge in [-0.1, -0.05) is 341 Å². The Labute approximate surface area is 648 Å². The second-order valence-electron chi connectivity index (χ2n) is 27.6. The Morgan fingerprint density at radius 3 is 0.844 bits per heavy atom. The maximum atomic E-state index is 6.42. The van der Waals surface area contributed by atoms with Crippen molar-refractivity contribution in [3.05, 3.63) is 357 Å². The molecule has 14 aromatic carbocycles. The normalized spacial score (nSPS) is 12.8. The zero-order chi connectivity index (χ0) is 73.1. The second kappa shape index (κ2) is 31.0. The van der Waals surface area contributed by atoms with Crippen molar-refractivity contribution < 1.29 is 9.31 Å². The minimum atomic E-state index is -0.369. The minimum Gasteiger partial charge on any atom is -0.399 e. The largest absolute Gasteiger partial charge is 0.496 e. The Morgan fingerprint density at radius 1 is 0.248 bits per heavy atom. The van der Waals surface area contributed by atoms with E-state index in [1.165, 1.54) is 90.4 Å². The molecule has 5 heterocycles. The molecule has 0 atom stereocenters. The summed E-state index contributed by atoms with van der Waals surface area (Å²) in [5.41, 5.74) is 18.2. The van der Waals surface area contributed by atoms with E-state index in [1.54, 1.807) is 0 Å². The molecule has 0 unspecified atom stereocenters. The fraction of sp³-hybridized carbons (Fsp3) is 0.0722. The van der Waals surface area contributed by atoms with Gasteiger partial charge in [-0.25, -0.2) is 29.9 Å². The van der Waals surface area contributed by atoms with Gasteiger partial charge in [0.1, 0.15) is 0 Å². The van der Waals surface area contributed by atoms with Gasteiger partial charge in [-0.15, -0.1) is 22.7 Å². The Bertz CT molecular complexity index is 6150. The van der Waals surface area contributed by atoms with Crippen molar-refractivity contribution in [3.63, 3.8) is 0 Å². The fourth-order valence-corrected chi connectivity index (χ4v) is 16.7. The van der Waals surface area contributed by atoms with Crippen molar-refractivity contribution in [2.24, 2.45) is 0 Å². The third-order valence-corrected chi connectivity index (χ3v) is 22.9. The Hall–Kier alpha value is -12.2. The van der Waals surface area contributed by atoms with Crippen LogP contribution >= 0.6 is 34.3 Å². The summed E-state index contributed by atoms with van der Waals surface area (Å²) in [7, 11) is -0.369. The van der Waals surface area contributed by atoms with E-state index in [1.807, 2.05) is 168 Å². The third kappa shape index (κ3) is 14.8. The van der Waals surface area contributed by atoms with Gasteiger partial charge in [0.15, 0.2) is 34.9 Å². The van der Waals surface area contributed by atoms with Crippen LogP contribution in [0.3, 0.4) is 0 Å². The summed E-state index contributed by atoms with van der Waals surface area (Å²) in [5.74, 6) is 3.86. The van der Waals surface area contributed by atoms with E-state index in [4.69, 9.17) is 35.9 Å². The van der Waals surface area contributed by atoms with E-state index < -0.39 is 0 Å². The molecule has 526 valence electrons. The number of hydrogen-bond donors (Lipinski definition) is 0. The first-order valence-electron chi connectivity index (χ1n) is 36.1. The third-order valence-electron chi connectivity index (χ3n) is 20.1. The van der Waals surface area contributed by atoms with Crippen LogP contribution in [0.1, 0.15) is 35.1 Å². The lowest BCUT2D eigenvalue weighted by Crippen LogP contribution is -2.41. The van der Waals surface area contributed by atoms with Crippen LogP contribution in [0.4, 0.5) is 0 Å². The number of rotatable bonds is 12. The van der Waals surface area contributed by atoms with Gasteiger partial charge in [0, 0.05) is 78.8 Å². The summed E-state index contributed by atoms with van der Waals surface area (Å²) in [6, 6.07) is 121. The molecule has 1 saturated heterocycles. The maximum Gasteiger partial charge on any atom is 0.496 e. The van der Waals surface area contributed by atoms with E-state index >= 15 is 0 Å². The first-order valence-corrected chi connectivity index (χ1v) is 38.1. The Kier molecular flexibility index (Phi) is 20.2. The van der Waals surface area contributed by atoms with Crippen LogP contribution in [0.5, 0.6) is 0 Å². The van der Waals surface area contributed by atoms with Gasteiger partial charge in [-0.05, 0) is 119 Å². The van der Waals surface area contributed by atoms with Crippen LogP contribution in [0, 0.1) is 0 Å². The molecule has 0 radical (unpaired) electrons. The molecule has 0 saturated carbocycles. The number of nitrogens with zero attached hydrogens (tertiary/aromatic N) is 6. The lowest BCUT2D eigenvalue weighted by atomic mass is 9.78. The number of benzene rings is 14. The Balaban J connectivity index is 0.000000132. The van der Waals surface area contributed by atoms with Gasteiger partial charge in [-0.3, -0.25) is 0 Å². The average molecular weight is 1470 g/mol.